The van der Waals surface area contributed by atoms with Crippen molar-refractivity contribution in [1.29, 1.82) is 0 Å². The molecule has 5 rings (SSSR count). The Labute approximate surface area is 169 Å². The molecule has 0 fully saturated rings. The molecule has 2 aromatic carbocycles. The minimum absolute atomic E-state index is 0.233. The Balaban J connectivity index is 1.51. The van der Waals surface area contributed by atoms with Gasteiger partial charge in [0, 0.05) is 24.1 Å². The van der Waals surface area contributed by atoms with E-state index in [9.17, 15) is 4.79 Å². The number of benzene rings is 2. The number of hydrogen-bond acceptors (Lipinski definition) is 5. The Bertz CT molecular complexity index is 1110. The molecule has 29 heavy (non-hydrogen) atoms. The van der Waals surface area contributed by atoms with E-state index in [4.69, 9.17) is 14.1 Å². The van der Waals surface area contributed by atoms with Crippen molar-refractivity contribution in [2.45, 2.75) is 38.1 Å². The van der Waals surface area contributed by atoms with E-state index in [1.165, 1.54) is 5.57 Å². The number of Topliss-reactive ketones (excluding diaryl/α,β-unsaturated/α-hetero) is 1. The van der Waals surface area contributed by atoms with Gasteiger partial charge in [0.25, 0.3) is 0 Å². The summed E-state index contributed by atoms with van der Waals surface area (Å²) in [7, 11) is 1.65. The Morgan fingerprint density at radius 2 is 1.93 bits per heavy atom. The Morgan fingerprint density at radius 3 is 2.72 bits per heavy atom. The van der Waals surface area contributed by atoms with Crippen LogP contribution in [0.25, 0.3) is 11.1 Å². The van der Waals surface area contributed by atoms with Crippen LogP contribution < -0.4 is 4.74 Å². The standard InChI is InChI=1S/C24H22N2O3/c1-28-18-11-9-15(10-12-18)24-23-16(5-4-7-20(23)27)13-17(25-24)14-22-26-19-6-2-3-8-21(19)29-22/h2-3,6,8-12,24H,4-5,7,13-14H2,1H3. The molecule has 3 aromatic rings. The fourth-order valence-electron chi connectivity index (χ4n) is 4.30. The second kappa shape index (κ2) is 7.32. The van der Waals surface area contributed by atoms with E-state index < -0.39 is 0 Å². The molecule has 0 saturated carbocycles. The normalized spacial score (nSPS) is 19.3. The highest BCUT2D eigenvalue weighted by Gasteiger charge is 2.32. The first kappa shape index (κ1) is 17.9. The second-order valence-corrected chi connectivity index (χ2v) is 7.59. The van der Waals surface area contributed by atoms with Crippen LogP contribution in [0.3, 0.4) is 0 Å². The van der Waals surface area contributed by atoms with Crippen LogP contribution in [-0.2, 0) is 11.2 Å². The van der Waals surface area contributed by atoms with Gasteiger partial charge < -0.3 is 9.15 Å². The number of carbonyl (C=O) groups is 1. The number of nitrogens with zero attached hydrogens (tertiary/aromatic N) is 2. The number of aromatic nitrogens is 1. The predicted octanol–water partition coefficient (Wildman–Crippen LogP) is 5.01. The monoisotopic (exact) mass is 386 g/mol. The van der Waals surface area contributed by atoms with E-state index >= 15 is 0 Å². The van der Waals surface area contributed by atoms with Crippen LogP contribution in [0.4, 0.5) is 0 Å². The molecule has 146 valence electrons. The molecular formula is C24H22N2O3. The lowest BCUT2D eigenvalue weighted by molar-refractivity contribution is -0.116. The number of methoxy groups -OCH3 is 1. The molecule has 1 unspecified atom stereocenters. The van der Waals surface area contributed by atoms with Crippen molar-refractivity contribution >= 4 is 22.6 Å². The Hall–Kier alpha value is -3.21. The molecular weight excluding hydrogens is 364 g/mol. The number of ether oxygens (including phenoxy) is 1. The molecule has 0 amide bonds. The summed E-state index contributed by atoms with van der Waals surface area (Å²) >= 11 is 0. The van der Waals surface area contributed by atoms with Gasteiger partial charge >= 0.3 is 0 Å². The zero-order chi connectivity index (χ0) is 19.8. The van der Waals surface area contributed by atoms with Gasteiger partial charge in [-0.3, -0.25) is 9.79 Å². The summed E-state index contributed by atoms with van der Waals surface area (Å²) in [5, 5.41) is 0. The van der Waals surface area contributed by atoms with Crippen LogP contribution in [0, 0.1) is 0 Å². The molecule has 1 aromatic heterocycles. The number of dihydropyridines is 1. The number of carbonyl (C=O) groups excluding carboxylic acids is 1. The third kappa shape index (κ3) is 3.37. The molecule has 1 atom stereocenters. The van der Waals surface area contributed by atoms with Gasteiger partial charge in [0.15, 0.2) is 11.4 Å². The number of oxazole rings is 1. The van der Waals surface area contributed by atoms with E-state index in [1.54, 1.807) is 7.11 Å². The Morgan fingerprint density at radius 1 is 1.10 bits per heavy atom. The first-order valence-electron chi connectivity index (χ1n) is 10.0. The lowest BCUT2D eigenvalue weighted by Gasteiger charge is -2.29. The number of rotatable bonds is 4. The van der Waals surface area contributed by atoms with Crippen LogP contribution >= 0.6 is 0 Å². The number of allylic oxidation sites excluding steroid dienone is 1. The summed E-state index contributed by atoms with van der Waals surface area (Å²) in [5.41, 5.74) is 5.80. The highest BCUT2D eigenvalue weighted by molar-refractivity contribution is 6.02. The molecule has 5 heteroatoms. The molecule has 2 heterocycles. The SMILES string of the molecule is COc1ccc(C2N=C(Cc3nc4ccccc4o3)CC3=C2C(=O)CCC3)cc1. The summed E-state index contributed by atoms with van der Waals surface area (Å²) in [6.45, 7) is 0. The topological polar surface area (TPSA) is 64.7 Å². The van der Waals surface area contributed by atoms with Gasteiger partial charge in [0.05, 0.1) is 13.5 Å². The maximum absolute atomic E-state index is 12.7. The fourth-order valence-corrected chi connectivity index (χ4v) is 4.30. The van der Waals surface area contributed by atoms with Gasteiger partial charge in [-0.1, -0.05) is 29.8 Å². The first-order chi connectivity index (χ1) is 14.2. The number of aliphatic imine (C=N–C) groups is 1. The number of fused-ring (bicyclic) bond motifs is 1. The van der Waals surface area contributed by atoms with Crippen molar-refractivity contribution in [1.82, 2.24) is 4.98 Å². The van der Waals surface area contributed by atoms with Crippen molar-refractivity contribution in [3.63, 3.8) is 0 Å². The molecule has 1 aliphatic heterocycles. The van der Waals surface area contributed by atoms with E-state index in [-0.39, 0.29) is 11.8 Å². The lowest BCUT2D eigenvalue weighted by atomic mass is 9.79. The maximum Gasteiger partial charge on any atom is 0.201 e. The third-order valence-corrected chi connectivity index (χ3v) is 5.69. The third-order valence-electron chi connectivity index (χ3n) is 5.69. The lowest BCUT2D eigenvalue weighted by Crippen LogP contribution is -2.24. The summed E-state index contributed by atoms with van der Waals surface area (Å²) in [5.74, 6) is 1.70. The van der Waals surface area contributed by atoms with E-state index in [2.05, 4.69) is 4.98 Å². The molecule has 0 N–H and O–H groups in total. The smallest absolute Gasteiger partial charge is 0.201 e. The van der Waals surface area contributed by atoms with Crippen LogP contribution in [0.2, 0.25) is 0 Å². The van der Waals surface area contributed by atoms with E-state index in [1.807, 2.05) is 48.5 Å². The van der Waals surface area contributed by atoms with Gasteiger partial charge in [-0.05, 0) is 42.7 Å². The van der Waals surface area contributed by atoms with Gasteiger partial charge in [-0.2, -0.15) is 0 Å². The van der Waals surface area contributed by atoms with E-state index in [0.29, 0.717) is 18.7 Å². The van der Waals surface area contributed by atoms with Crippen LogP contribution in [0.1, 0.15) is 43.2 Å². The van der Waals surface area contributed by atoms with Gasteiger partial charge in [-0.15, -0.1) is 0 Å². The zero-order valence-corrected chi connectivity index (χ0v) is 16.4. The first-order valence-corrected chi connectivity index (χ1v) is 10.0. The van der Waals surface area contributed by atoms with Crippen molar-refractivity contribution in [2.75, 3.05) is 7.11 Å². The molecule has 1 aliphatic carbocycles. The van der Waals surface area contributed by atoms with E-state index in [0.717, 1.165) is 53.0 Å². The minimum atomic E-state index is -0.253. The molecule has 0 spiro atoms. The average molecular weight is 386 g/mol. The molecule has 5 nitrogen and oxygen atoms in total. The van der Waals surface area contributed by atoms with Crippen molar-refractivity contribution < 1.29 is 13.9 Å². The Kier molecular flexibility index (Phi) is 4.51. The fraction of sp³-hybridized carbons (Fsp3) is 0.292. The van der Waals surface area contributed by atoms with Crippen molar-refractivity contribution in [3.05, 3.63) is 71.1 Å². The predicted molar refractivity (Wildman–Crippen MR) is 111 cm³/mol. The number of hydrogen-bond donors (Lipinski definition) is 0. The summed E-state index contributed by atoms with van der Waals surface area (Å²) in [4.78, 5) is 22.3. The highest BCUT2D eigenvalue weighted by Crippen LogP contribution is 2.40. The largest absolute Gasteiger partial charge is 0.497 e. The van der Waals surface area contributed by atoms with Crippen LogP contribution in [0.5, 0.6) is 5.75 Å². The second-order valence-electron chi connectivity index (χ2n) is 7.59. The molecule has 2 aliphatic rings. The average Bonchev–Trinajstić information content (AvgIpc) is 3.15. The molecule has 0 radical (unpaired) electrons. The van der Waals surface area contributed by atoms with Crippen LogP contribution in [0.15, 0.2) is 69.1 Å². The minimum Gasteiger partial charge on any atom is -0.497 e. The summed E-state index contributed by atoms with van der Waals surface area (Å²) in [6.07, 6.45) is 3.78. The summed E-state index contributed by atoms with van der Waals surface area (Å²) < 4.78 is 11.2. The van der Waals surface area contributed by atoms with Gasteiger partial charge in [0.2, 0.25) is 5.89 Å². The number of ketones is 1. The molecule has 0 bridgehead atoms. The van der Waals surface area contributed by atoms with Crippen molar-refractivity contribution in [3.8, 4) is 5.75 Å². The molecule has 0 saturated heterocycles. The number of para-hydroxylation sites is 2. The highest BCUT2D eigenvalue weighted by atomic mass is 16.5. The maximum atomic E-state index is 12.7. The van der Waals surface area contributed by atoms with Crippen molar-refractivity contribution in [2.24, 2.45) is 4.99 Å². The zero-order valence-electron chi connectivity index (χ0n) is 16.4. The quantitative estimate of drug-likeness (QED) is 0.632. The summed E-state index contributed by atoms with van der Waals surface area (Å²) in [6, 6.07) is 15.4. The van der Waals surface area contributed by atoms with Gasteiger partial charge in [0.1, 0.15) is 17.3 Å². The van der Waals surface area contributed by atoms with Gasteiger partial charge in [-0.25, -0.2) is 4.98 Å². The van der Waals surface area contributed by atoms with Crippen LogP contribution in [-0.4, -0.2) is 23.6 Å².